The van der Waals surface area contributed by atoms with Crippen LogP contribution in [0.1, 0.15) is 19.3 Å². The molecule has 1 aromatic rings. The van der Waals surface area contributed by atoms with Crippen LogP contribution in [-0.2, 0) is 4.79 Å². The van der Waals surface area contributed by atoms with E-state index < -0.39 is 0 Å². The van der Waals surface area contributed by atoms with Crippen molar-refractivity contribution in [2.75, 3.05) is 26.1 Å². The van der Waals surface area contributed by atoms with Crippen molar-refractivity contribution in [1.82, 2.24) is 5.32 Å². The number of methoxy groups -OCH3 is 2. The Morgan fingerprint density at radius 2 is 2.16 bits per heavy atom. The molecule has 1 aliphatic rings. The molecule has 0 radical (unpaired) electrons. The van der Waals surface area contributed by atoms with E-state index >= 15 is 0 Å². The topological polar surface area (TPSA) is 59.6 Å². The SMILES string of the molecule is COc1ccc(NC(=O)[C@H]2CCCCN2)c(OC)c1. The molecule has 0 aromatic heterocycles. The Morgan fingerprint density at radius 3 is 2.79 bits per heavy atom. The highest BCUT2D eigenvalue weighted by Crippen LogP contribution is 2.29. The van der Waals surface area contributed by atoms with Crippen LogP contribution in [0.5, 0.6) is 11.5 Å². The summed E-state index contributed by atoms with van der Waals surface area (Å²) < 4.78 is 10.4. The zero-order valence-electron chi connectivity index (χ0n) is 11.4. The number of nitrogens with one attached hydrogen (secondary N) is 2. The Bertz CT molecular complexity index is 442. The number of hydrogen-bond acceptors (Lipinski definition) is 4. The summed E-state index contributed by atoms with van der Waals surface area (Å²) in [5.74, 6) is 1.29. The van der Waals surface area contributed by atoms with Crippen molar-refractivity contribution in [1.29, 1.82) is 0 Å². The van der Waals surface area contributed by atoms with Gasteiger partial charge in [-0.25, -0.2) is 0 Å². The van der Waals surface area contributed by atoms with Gasteiger partial charge in [0, 0.05) is 6.07 Å². The molecule has 19 heavy (non-hydrogen) atoms. The van der Waals surface area contributed by atoms with Gasteiger partial charge in [0.15, 0.2) is 0 Å². The standard InChI is InChI=1S/C14H20N2O3/c1-18-10-6-7-11(13(9-10)19-2)16-14(17)12-5-3-4-8-15-12/h6-7,9,12,15H,3-5,8H2,1-2H3,(H,16,17)/t12-/m1/s1. The van der Waals surface area contributed by atoms with Gasteiger partial charge in [0.1, 0.15) is 11.5 Å². The van der Waals surface area contributed by atoms with Crippen LogP contribution in [0.25, 0.3) is 0 Å². The smallest absolute Gasteiger partial charge is 0.241 e. The molecule has 5 nitrogen and oxygen atoms in total. The summed E-state index contributed by atoms with van der Waals surface area (Å²) in [6.45, 7) is 0.901. The second kappa shape index (κ2) is 6.43. The molecule has 0 unspecified atom stereocenters. The normalized spacial score (nSPS) is 18.7. The van der Waals surface area contributed by atoms with Crippen LogP contribution in [0.2, 0.25) is 0 Å². The van der Waals surface area contributed by atoms with Crippen molar-refractivity contribution in [3.05, 3.63) is 18.2 Å². The summed E-state index contributed by atoms with van der Waals surface area (Å²) in [6, 6.07) is 5.23. The van der Waals surface area contributed by atoms with E-state index in [9.17, 15) is 4.79 Å². The number of hydrogen-bond donors (Lipinski definition) is 2. The lowest BCUT2D eigenvalue weighted by molar-refractivity contribution is -0.118. The first-order valence-corrected chi connectivity index (χ1v) is 6.51. The first kappa shape index (κ1) is 13.7. The van der Waals surface area contributed by atoms with Crippen molar-refractivity contribution in [2.45, 2.75) is 25.3 Å². The maximum absolute atomic E-state index is 12.1. The van der Waals surface area contributed by atoms with Gasteiger partial charge < -0.3 is 20.1 Å². The van der Waals surface area contributed by atoms with Crippen molar-refractivity contribution in [3.8, 4) is 11.5 Å². The summed E-state index contributed by atoms with van der Waals surface area (Å²) in [6.07, 6.45) is 3.10. The molecule has 2 rings (SSSR count). The molecular formula is C14H20N2O3. The van der Waals surface area contributed by atoms with E-state index in [-0.39, 0.29) is 11.9 Å². The minimum absolute atomic E-state index is 0.0110. The Labute approximate surface area is 113 Å². The maximum Gasteiger partial charge on any atom is 0.241 e. The fourth-order valence-corrected chi connectivity index (χ4v) is 2.20. The second-order valence-corrected chi connectivity index (χ2v) is 4.56. The lowest BCUT2D eigenvalue weighted by atomic mass is 10.0. The van der Waals surface area contributed by atoms with E-state index in [1.807, 2.05) is 0 Å². The summed E-state index contributed by atoms with van der Waals surface area (Å²) in [7, 11) is 3.17. The number of amides is 1. The fraction of sp³-hybridized carbons (Fsp3) is 0.500. The van der Waals surface area contributed by atoms with Gasteiger partial charge in [0.25, 0.3) is 0 Å². The number of ether oxygens (including phenoxy) is 2. The number of carbonyl (C=O) groups excluding carboxylic acids is 1. The van der Waals surface area contributed by atoms with Crippen LogP contribution in [0, 0.1) is 0 Å². The molecule has 1 aliphatic heterocycles. The molecule has 0 aliphatic carbocycles. The van der Waals surface area contributed by atoms with E-state index in [0.717, 1.165) is 25.8 Å². The Balaban J connectivity index is 2.07. The van der Waals surface area contributed by atoms with Gasteiger partial charge in [0.2, 0.25) is 5.91 Å². The largest absolute Gasteiger partial charge is 0.497 e. The third-order valence-electron chi connectivity index (χ3n) is 3.29. The van der Waals surface area contributed by atoms with Gasteiger partial charge in [-0.05, 0) is 31.5 Å². The fourth-order valence-electron chi connectivity index (χ4n) is 2.20. The summed E-state index contributed by atoms with van der Waals surface area (Å²) in [4.78, 5) is 12.1. The van der Waals surface area contributed by atoms with Gasteiger partial charge in [-0.3, -0.25) is 4.79 Å². The lowest BCUT2D eigenvalue weighted by Gasteiger charge is -2.23. The van der Waals surface area contributed by atoms with Gasteiger partial charge in [-0.15, -0.1) is 0 Å². The van der Waals surface area contributed by atoms with Crippen molar-refractivity contribution in [2.24, 2.45) is 0 Å². The number of carbonyl (C=O) groups is 1. The van der Waals surface area contributed by atoms with Crippen LogP contribution < -0.4 is 20.1 Å². The summed E-state index contributed by atoms with van der Waals surface area (Å²) in [5, 5.41) is 6.12. The third kappa shape index (κ3) is 3.38. The van der Waals surface area contributed by atoms with E-state index in [1.165, 1.54) is 0 Å². The molecule has 5 heteroatoms. The predicted octanol–water partition coefficient (Wildman–Crippen LogP) is 1.78. The quantitative estimate of drug-likeness (QED) is 0.870. The predicted molar refractivity (Wildman–Crippen MR) is 73.8 cm³/mol. The first-order valence-electron chi connectivity index (χ1n) is 6.51. The zero-order chi connectivity index (χ0) is 13.7. The Kier molecular flexibility index (Phi) is 4.63. The van der Waals surface area contributed by atoms with E-state index in [0.29, 0.717) is 17.2 Å². The summed E-state index contributed by atoms with van der Waals surface area (Å²) in [5.41, 5.74) is 0.667. The molecule has 0 bridgehead atoms. The maximum atomic E-state index is 12.1. The highest BCUT2D eigenvalue weighted by Gasteiger charge is 2.21. The number of piperidine rings is 1. The molecular weight excluding hydrogens is 244 g/mol. The van der Waals surface area contributed by atoms with Gasteiger partial charge in [-0.2, -0.15) is 0 Å². The molecule has 0 saturated carbocycles. The molecule has 104 valence electrons. The molecule has 1 heterocycles. The molecule has 2 N–H and O–H groups in total. The number of benzene rings is 1. The zero-order valence-corrected chi connectivity index (χ0v) is 11.4. The van der Waals surface area contributed by atoms with Gasteiger partial charge >= 0.3 is 0 Å². The van der Waals surface area contributed by atoms with Crippen molar-refractivity contribution < 1.29 is 14.3 Å². The van der Waals surface area contributed by atoms with Crippen molar-refractivity contribution >= 4 is 11.6 Å². The van der Waals surface area contributed by atoms with E-state index in [4.69, 9.17) is 9.47 Å². The van der Waals surface area contributed by atoms with Crippen LogP contribution >= 0.6 is 0 Å². The van der Waals surface area contributed by atoms with Crippen LogP contribution in [0.3, 0.4) is 0 Å². The van der Waals surface area contributed by atoms with Gasteiger partial charge in [-0.1, -0.05) is 6.42 Å². The highest BCUT2D eigenvalue weighted by molar-refractivity contribution is 5.96. The molecule has 0 spiro atoms. The van der Waals surface area contributed by atoms with Crippen LogP contribution in [0.4, 0.5) is 5.69 Å². The Hall–Kier alpha value is -1.75. The minimum atomic E-state index is -0.111. The monoisotopic (exact) mass is 264 g/mol. The van der Waals surface area contributed by atoms with Gasteiger partial charge in [0.05, 0.1) is 25.9 Å². The van der Waals surface area contributed by atoms with E-state index in [2.05, 4.69) is 10.6 Å². The molecule has 1 fully saturated rings. The van der Waals surface area contributed by atoms with Crippen molar-refractivity contribution in [3.63, 3.8) is 0 Å². The minimum Gasteiger partial charge on any atom is -0.497 e. The number of anilines is 1. The molecule has 1 amide bonds. The average Bonchev–Trinajstić information content (AvgIpc) is 2.48. The number of rotatable bonds is 4. The molecule has 1 atom stereocenters. The van der Waals surface area contributed by atoms with Crippen LogP contribution in [-0.4, -0.2) is 32.7 Å². The molecule has 1 saturated heterocycles. The first-order chi connectivity index (χ1) is 9.24. The average molecular weight is 264 g/mol. The third-order valence-corrected chi connectivity index (χ3v) is 3.29. The second-order valence-electron chi connectivity index (χ2n) is 4.56. The van der Waals surface area contributed by atoms with E-state index in [1.54, 1.807) is 32.4 Å². The summed E-state index contributed by atoms with van der Waals surface area (Å²) >= 11 is 0. The lowest BCUT2D eigenvalue weighted by Crippen LogP contribution is -2.43. The molecule has 1 aromatic carbocycles. The Morgan fingerprint density at radius 1 is 1.32 bits per heavy atom. The van der Waals surface area contributed by atoms with Crippen LogP contribution in [0.15, 0.2) is 18.2 Å². The highest BCUT2D eigenvalue weighted by atomic mass is 16.5.